The first-order valence-corrected chi connectivity index (χ1v) is 14.5. The summed E-state index contributed by atoms with van der Waals surface area (Å²) in [5, 5.41) is 5.05. The molecule has 0 saturated heterocycles. The lowest BCUT2D eigenvalue weighted by molar-refractivity contribution is -0.121. The molecule has 0 aliphatic carbocycles. The van der Waals surface area contributed by atoms with Crippen molar-refractivity contribution in [3.05, 3.63) is 60.7 Å². The second-order valence-electron chi connectivity index (χ2n) is 9.65. The zero-order valence-electron chi connectivity index (χ0n) is 20.4. The Bertz CT molecular complexity index is 737. The van der Waals surface area contributed by atoms with Crippen LogP contribution in [0.2, 0.25) is 5.04 Å². The summed E-state index contributed by atoms with van der Waals surface area (Å²) < 4.78 is 0. The average Bonchev–Trinajstić information content (AvgIpc) is 2.81. The Morgan fingerprint density at radius 3 is 1.91 bits per heavy atom. The van der Waals surface area contributed by atoms with Crippen molar-refractivity contribution in [3.63, 3.8) is 0 Å². The first-order chi connectivity index (χ1) is 15.4. The summed E-state index contributed by atoms with van der Waals surface area (Å²) in [6, 6.07) is 20.5. The first kappa shape index (κ1) is 26.3. The molecular formula is C28H43NO2Si. The molecule has 2 aromatic rings. The van der Waals surface area contributed by atoms with Crippen LogP contribution < -0.4 is 15.7 Å². The molecule has 0 heterocycles. The van der Waals surface area contributed by atoms with Gasteiger partial charge in [0.2, 0.25) is 5.91 Å². The molecule has 0 bridgehead atoms. The van der Waals surface area contributed by atoms with Crippen molar-refractivity contribution >= 4 is 24.6 Å². The minimum atomic E-state index is -2.90. The standard InChI is InChI=1S/C28H43NO2Si/c1-4-5-6-15-22-27(30)29-24-17-8-7-16-23-28(2,3)32(31,25-18-11-9-12-19-25)26-20-13-10-14-21-26/h9-14,18-21,31H,4-8,15-17,22-24H2,1-3H3,(H,29,30). The van der Waals surface area contributed by atoms with Gasteiger partial charge in [-0.05, 0) is 34.7 Å². The molecule has 2 N–H and O–H groups in total. The number of amides is 1. The summed E-state index contributed by atoms with van der Waals surface area (Å²) >= 11 is 0. The van der Waals surface area contributed by atoms with Gasteiger partial charge < -0.3 is 10.1 Å². The van der Waals surface area contributed by atoms with E-state index >= 15 is 0 Å². The van der Waals surface area contributed by atoms with Gasteiger partial charge in [-0.25, -0.2) is 0 Å². The van der Waals surface area contributed by atoms with Crippen molar-refractivity contribution in [2.45, 2.75) is 90.0 Å². The van der Waals surface area contributed by atoms with Crippen LogP contribution in [0.5, 0.6) is 0 Å². The second kappa shape index (κ2) is 13.6. The van der Waals surface area contributed by atoms with Gasteiger partial charge in [-0.2, -0.15) is 0 Å². The Morgan fingerprint density at radius 1 is 0.812 bits per heavy atom. The van der Waals surface area contributed by atoms with Gasteiger partial charge in [-0.1, -0.05) is 120 Å². The van der Waals surface area contributed by atoms with Crippen LogP contribution >= 0.6 is 0 Å². The molecule has 0 unspecified atom stereocenters. The smallest absolute Gasteiger partial charge is 0.258 e. The monoisotopic (exact) mass is 453 g/mol. The molecular weight excluding hydrogens is 410 g/mol. The maximum Gasteiger partial charge on any atom is 0.258 e. The quantitative estimate of drug-likeness (QED) is 0.274. The van der Waals surface area contributed by atoms with Crippen LogP contribution in [-0.2, 0) is 4.79 Å². The molecule has 0 radical (unpaired) electrons. The van der Waals surface area contributed by atoms with Gasteiger partial charge in [0.05, 0.1) is 0 Å². The molecule has 1 amide bonds. The molecule has 3 nitrogen and oxygen atoms in total. The Morgan fingerprint density at radius 2 is 1.34 bits per heavy atom. The molecule has 176 valence electrons. The highest BCUT2D eigenvalue weighted by Crippen LogP contribution is 2.40. The van der Waals surface area contributed by atoms with Crippen LogP contribution in [0.1, 0.15) is 85.0 Å². The van der Waals surface area contributed by atoms with E-state index in [4.69, 9.17) is 0 Å². The highest BCUT2D eigenvalue weighted by molar-refractivity contribution is 6.98. The summed E-state index contributed by atoms with van der Waals surface area (Å²) in [6.45, 7) is 7.44. The zero-order valence-corrected chi connectivity index (χ0v) is 21.4. The summed E-state index contributed by atoms with van der Waals surface area (Å²) in [6.07, 6.45) is 10.6. The topological polar surface area (TPSA) is 49.3 Å². The molecule has 0 saturated carbocycles. The summed E-state index contributed by atoms with van der Waals surface area (Å²) in [5.74, 6) is 0.198. The highest BCUT2D eigenvalue weighted by atomic mass is 28.4. The van der Waals surface area contributed by atoms with Crippen molar-refractivity contribution in [2.75, 3.05) is 6.54 Å². The van der Waals surface area contributed by atoms with E-state index in [9.17, 15) is 9.59 Å². The fourth-order valence-electron chi connectivity index (χ4n) is 4.56. The van der Waals surface area contributed by atoms with E-state index in [2.05, 4.69) is 50.4 Å². The Labute approximate surface area is 196 Å². The minimum Gasteiger partial charge on any atom is -0.424 e. The lowest BCUT2D eigenvalue weighted by atomic mass is 10.0. The molecule has 0 spiro atoms. The van der Waals surface area contributed by atoms with E-state index < -0.39 is 8.32 Å². The van der Waals surface area contributed by atoms with Gasteiger partial charge in [0.15, 0.2) is 0 Å². The number of hydrogen-bond donors (Lipinski definition) is 2. The number of unbranched alkanes of at least 4 members (excludes halogenated alkanes) is 6. The third kappa shape index (κ3) is 7.60. The molecule has 0 aromatic heterocycles. The molecule has 2 rings (SSSR count). The SMILES string of the molecule is CCCCCCC(=O)NCCCCCCC(C)(C)[Si](O)(c1ccccc1)c1ccccc1. The van der Waals surface area contributed by atoms with E-state index in [-0.39, 0.29) is 10.9 Å². The van der Waals surface area contributed by atoms with Gasteiger partial charge in [0.1, 0.15) is 0 Å². The van der Waals surface area contributed by atoms with Crippen molar-refractivity contribution in [1.29, 1.82) is 0 Å². The molecule has 0 fully saturated rings. The molecule has 0 atom stereocenters. The number of carbonyl (C=O) groups is 1. The summed E-state index contributed by atoms with van der Waals surface area (Å²) in [5.41, 5.74) is 0. The third-order valence-corrected chi connectivity index (χ3v) is 11.2. The Hall–Kier alpha value is -1.91. The van der Waals surface area contributed by atoms with Crippen LogP contribution in [-0.4, -0.2) is 25.6 Å². The molecule has 0 aliphatic rings. The van der Waals surface area contributed by atoms with Gasteiger partial charge in [0.25, 0.3) is 8.32 Å². The lowest BCUT2D eigenvalue weighted by Gasteiger charge is -2.41. The number of rotatable bonds is 15. The van der Waals surface area contributed by atoms with E-state index in [1.807, 2.05) is 36.4 Å². The van der Waals surface area contributed by atoms with E-state index in [0.717, 1.165) is 61.9 Å². The maximum absolute atomic E-state index is 12.2. The fourth-order valence-corrected chi connectivity index (χ4v) is 8.35. The third-order valence-electron chi connectivity index (χ3n) is 6.67. The largest absolute Gasteiger partial charge is 0.424 e. The Balaban J connectivity index is 1.81. The summed E-state index contributed by atoms with van der Waals surface area (Å²) in [4.78, 5) is 24.1. The lowest BCUT2D eigenvalue weighted by Crippen LogP contribution is -2.65. The van der Waals surface area contributed by atoms with Crippen LogP contribution in [0.3, 0.4) is 0 Å². The Kier molecular flexibility index (Phi) is 11.2. The number of benzene rings is 2. The zero-order chi connectivity index (χ0) is 23.3. The van der Waals surface area contributed by atoms with E-state index in [1.165, 1.54) is 12.8 Å². The van der Waals surface area contributed by atoms with Crippen molar-refractivity contribution in [1.82, 2.24) is 5.32 Å². The van der Waals surface area contributed by atoms with Crippen LogP contribution in [0, 0.1) is 0 Å². The van der Waals surface area contributed by atoms with Crippen LogP contribution in [0.4, 0.5) is 0 Å². The van der Waals surface area contributed by atoms with Gasteiger partial charge in [0, 0.05) is 13.0 Å². The molecule has 32 heavy (non-hydrogen) atoms. The van der Waals surface area contributed by atoms with E-state index in [1.54, 1.807) is 0 Å². The van der Waals surface area contributed by atoms with Gasteiger partial charge >= 0.3 is 0 Å². The number of hydrogen-bond acceptors (Lipinski definition) is 2. The van der Waals surface area contributed by atoms with Crippen molar-refractivity contribution in [3.8, 4) is 0 Å². The molecule has 4 heteroatoms. The van der Waals surface area contributed by atoms with Gasteiger partial charge in [-0.15, -0.1) is 0 Å². The van der Waals surface area contributed by atoms with Crippen LogP contribution in [0.25, 0.3) is 0 Å². The average molecular weight is 454 g/mol. The second-order valence-corrected chi connectivity index (χ2v) is 13.6. The number of carbonyl (C=O) groups excluding carboxylic acids is 1. The number of nitrogens with one attached hydrogen (secondary N) is 1. The van der Waals surface area contributed by atoms with E-state index in [0.29, 0.717) is 6.42 Å². The first-order valence-electron chi connectivity index (χ1n) is 12.5. The fraction of sp³-hybridized carbons (Fsp3) is 0.536. The minimum absolute atomic E-state index is 0.178. The molecule has 2 aromatic carbocycles. The van der Waals surface area contributed by atoms with Gasteiger partial charge in [-0.3, -0.25) is 4.79 Å². The van der Waals surface area contributed by atoms with Crippen molar-refractivity contribution in [2.24, 2.45) is 0 Å². The van der Waals surface area contributed by atoms with Crippen molar-refractivity contribution < 1.29 is 9.59 Å². The molecule has 0 aliphatic heterocycles. The summed E-state index contributed by atoms with van der Waals surface area (Å²) in [7, 11) is -2.90. The van der Waals surface area contributed by atoms with Crippen LogP contribution in [0.15, 0.2) is 60.7 Å². The normalized spacial score (nSPS) is 12.0. The predicted molar refractivity (Wildman–Crippen MR) is 139 cm³/mol. The highest BCUT2D eigenvalue weighted by Gasteiger charge is 2.49. The maximum atomic E-state index is 12.2. The predicted octanol–water partition coefficient (Wildman–Crippen LogP) is 5.56.